The molecule has 0 saturated carbocycles. The fourth-order valence-corrected chi connectivity index (χ4v) is 4.47. The van der Waals surface area contributed by atoms with Crippen molar-refractivity contribution in [1.82, 2.24) is 5.01 Å². The number of nitrogens with zero attached hydrogens (tertiary/aromatic N) is 3. The number of hydrazone groups is 1. The molecule has 1 amide bonds. The maximum Gasteiger partial charge on any atom is 0.281 e. The highest BCUT2D eigenvalue weighted by atomic mass is 32.1. The number of nitro groups is 1. The van der Waals surface area contributed by atoms with Crippen molar-refractivity contribution in [3.8, 4) is 23.0 Å². The van der Waals surface area contributed by atoms with Gasteiger partial charge in [-0.25, -0.2) is 5.01 Å². The lowest BCUT2D eigenvalue weighted by molar-refractivity contribution is -0.385. The molecule has 10 nitrogen and oxygen atoms in total. The molecule has 0 bridgehead atoms. The zero-order chi connectivity index (χ0) is 24.9. The number of methoxy groups -OCH3 is 3. The monoisotopic (exact) mass is 497 g/mol. The van der Waals surface area contributed by atoms with Crippen LogP contribution in [-0.4, -0.2) is 49.5 Å². The van der Waals surface area contributed by atoms with E-state index in [1.54, 1.807) is 20.3 Å². The van der Waals surface area contributed by atoms with Crippen LogP contribution in [0.3, 0.4) is 0 Å². The molecule has 1 aliphatic rings. The van der Waals surface area contributed by atoms with Crippen LogP contribution in [0, 0.1) is 10.1 Å². The number of hydrogen-bond acceptors (Lipinski definition) is 9. The van der Waals surface area contributed by atoms with Crippen LogP contribution in [0.25, 0.3) is 0 Å². The van der Waals surface area contributed by atoms with Crippen LogP contribution in [0.4, 0.5) is 5.69 Å². The Hall–Kier alpha value is -4.12. The second kappa shape index (κ2) is 10.4. The number of carbonyl (C=O) groups is 1. The first kappa shape index (κ1) is 24.0. The molecule has 182 valence electrons. The highest BCUT2D eigenvalue weighted by Crippen LogP contribution is 2.38. The van der Waals surface area contributed by atoms with Gasteiger partial charge < -0.3 is 18.9 Å². The van der Waals surface area contributed by atoms with Gasteiger partial charge in [-0.15, -0.1) is 11.3 Å². The summed E-state index contributed by atoms with van der Waals surface area (Å²) in [5, 5.41) is 19.1. The zero-order valence-corrected chi connectivity index (χ0v) is 20.1. The van der Waals surface area contributed by atoms with Crippen molar-refractivity contribution in [1.29, 1.82) is 0 Å². The minimum Gasteiger partial charge on any atom is -0.493 e. The third-order valence-electron chi connectivity index (χ3n) is 5.47. The molecule has 0 N–H and O–H groups in total. The Morgan fingerprint density at radius 2 is 1.77 bits per heavy atom. The molecule has 1 unspecified atom stereocenters. The van der Waals surface area contributed by atoms with Gasteiger partial charge >= 0.3 is 0 Å². The van der Waals surface area contributed by atoms with Gasteiger partial charge in [-0.3, -0.25) is 14.9 Å². The lowest BCUT2D eigenvalue weighted by atomic mass is 10.0. The van der Waals surface area contributed by atoms with Crippen molar-refractivity contribution in [3.63, 3.8) is 0 Å². The summed E-state index contributed by atoms with van der Waals surface area (Å²) in [5.41, 5.74) is 1.43. The summed E-state index contributed by atoms with van der Waals surface area (Å²) in [4.78, 5) is 24.8. The molecule has 0 spiro atoms. The Morgan fingerprint density at radius 3 is 2.43 bits per heavy atom. The van der Waals surface area contributed by atoms with Crippen LogP contribution in [0.2, 0.25) is 0 Å². The zero-order valence-electron chi connectivity index (χ0n) is 19.3. The summed E-state index contributed by atoms with van der Waals surface area (Å²) in [5.74, 6) is 1.08. The molecule has 11 heteroatoms. The normalized spacial score (nSPS) is 14.9. The number of non-ortho nitro benzene ring substituents is 1. The van der Waals surface area contributed by atoms with Gasteiger partial charge in [0, 0.05) is 12.5 Å². The predicted molar refractivity (Wildman–Crippen MR) is 130 cm³/mol. The number of benzene rings is 2. The molecule has 1 atom stereocenters. The molecule has 0 fully saturated rings. The molecule has 0 radical (unpaired) electrons. The minimum atomic E-state index is -0.542. The van der Waals surface area contributed by atoms with Crippen molar-refractivity contribution in [2.45, 2.75) is 12.5 Å². The quantitative estimate of drug-likeness (QED) is 0.317. The fraction of sp³-hybridized carbons (Fsp3) is 0.250. The van der Waals surface area contributed by atoms with Crippen LogP contribution >= 0.6 is 11.3 Å². The summed E-state index contributed by atoms with van der Waals surface area (Å²) < 4.78 is 21.6. The first-order valence-corrected chi connectivity index (χ1v) is 11.4. The predicted octanol–water partition coefficient (Wildman–Crippen LogP) is 4.44. The Kier molecular flexibility index (Phi) is 7.16. The maximum absolute atomic E-state index is 13.3. The smallest absolute Gasteiger partial charge is 0.281 e. The molecule has 2 aromatic carbocycles. The molecule has 0 saturated heterocycles. The van der Waals surface area contributed by atoms with E-state index in [-0.39, 0.29) is 23.8 Å². The number of amides is 1. The number of carbonyl (C=O) groups excluding carboxylic acids is 1. The Bertz CT molecular complexity index is 1260. The fourth-order valence-electron chi connectivity index (χ4n) is 3.75. The average Bonchev–Trinajstić information content (AvgIpc) is 3.57. The Labute approximate surface area is 205 Å². The van der Waals surface area contributed by atoms with E-state index in [2.05, 4.69) is 5.10 Å². The second-order valence-electron chi connectivity index (χ2n) is 7.48. The van der Waals surface area contributed by atoms with E-state index in [1.165, 1.54) is 41.7 Å². The van der Waals surface area contributed by atoms with Gasteiger partial charge in [0.1, 0.15) is 0 Å². The van der Waals surface area contributed by atoms with Crippen molar-refractivity contribution < 1.29 is 28.7 Å². The topological polar surface area (TPSA) is 113 Å². The maximum atomic E-state index is 13.3. The molecule has 1 aromatic heterocycles. The van der Waals surface area contributed by atoms with E-state index in [1.807, 2.05) is 29.6 Å². The Balaban J connectivity index is 1.61. The van der Waals surface area contributed by atoms with Crippen LogP contribution in [0.5, 0.6) is 23.0 Å². The van der Waals surface area contributed by atoms with E-state index in [9.17, 15) is 14.9 Å². The molecule has 1 aliphatic heterocycles. The molecule has 35 heavy (non-hydrogen) atoms. The van der Waals surface area contributed by atoms with Crippen LogP contribution in [-0.2, 0) is 4.79 Å². The second-order valence-corrected chi connectivity index (χ2v) is 8.43. The SMILES string of the molecule is COc1ccc(C2CC(c3cccs3)=NN2C(=O)COc2cc([N+](=O)[O-])ccc2OC)cc1OC. The van der Waals surface area contributed by atoms with Crippen molar-refractivity contribution in [2.24, 2.45) is 5.10 Å². The molecule has 3 aromatic rings. The molecular weight excluding hydrogens is 474 g/mol. The van der Waals surface area contributed by atoms with Crippen LogP contribution < -0.4 is 18.9 Å². The van der Waals surface area contributed by atoms with Crippen LogP contribution in [0.1, 0.15) is 22.9 Å². The molecule has 0 aliphatic carbocycles. The first-order valence-electron chi connectivity index (χ1n) is 10.6. The highest BCUT2D eigenvalue weighted by molar-refractivity contribution is 7.12. The lowest BCUT2D eigenvalue weighted by Gasteiger charge is -2.23. The minimum absolute atomic E-state index is 0.0966. The number of nitro benzene ring substituents is 1. The molecule has 2 heterocycles. The van der Waals surface area contributed by atoms with Gasteiger partial charge in [-0.1, -0.05) is 12.1 Å². The number of thiophene rings is 1. The van der Waals surface area contributed by atoms with Gasteiger partial charge in [-0.2, -0.15) is 5.10 Å². The first-order chi connectivity index (χ1) is 16.9. The number of hydrogen-bond donors (Lipinski definition) is 0. The third kappa shape index (κ3) is 5.04. The van der Waals surface area contributed by atoms with Crippen molar-refractivity contribution >= 4 is 28.6 Å². The third-order valence-corrected chi connectivity index (χ3v) is 6.39. The van der Waals surface area contributed by atoms with E-state index in [0.717, 1.165) is 16.2 Å². The average molecular weight is 498 g/mol. The van der Waals surface area contributed by atoms with Crippen LogP contribution in [0.15, 0.2) is 59.0 Å². The van der Waals surface area contributed by atoms with E-state index in [4.69, 9.17) is 18.9 Å². The number of ether oxygens (including phenoxy) is 4. The molecule has 4 rings (SSSR count). The Morgan fingerprint density at radius 1 is 1.06 bits per heavy atom. The molecular formula is C24H23N3O7S. The van der Waals surface area contributed by atoms with E-state index >= 15 is 0 Å². The van der Waals surface area contributed by atoms with Gasteiger partial charge in [-0.05, 0) is 35.2 Å². The van der Waals surface area contributed by atoms with Gasteiger partial charge in [0.05, 0.1) is 48.9 Å². The number of rotatable bonds is 9. The van der Waals surface area contributed by atoms with Crippen molar-refractivity contribution in [2.75, 3.05) is 27.9 Å². The van der Waals surface area contributed by atoms with E-state index < -0.39 is 16.9 Å². The standard InChI is InChI=1S/C24H23N3O7S/c1-31-19-8-6-15(11-21(19)33-3)18-13-17(23-5-4-10-35-23)25-26(18)24(28)14-34-22-12-16(27(29)30)7-9-20(22)32-2/h4-12,18H,13-14H2,1-3H3. The lowest BCUT2D eigenvalue weighted by Crippen LogP contribution is -2.31. The van der Waals surface area contributed by atoms with E-state index in [0.29, 0.717) is 17.9 Å². The van der Waals surface area contributed by atoms with Crippen molar-refractivity contribution in [3.05, 3.63) is 74.5 Å². The van der Waals surface area contributed by atoms with Gasteiger partial charge in [0.15, 0.2) is 29.6 Å². The summed E-state index contributed by atoms with van der Waals surface area (Å²) in [7, 11) is 4.52. The summed E-state index contributed by atoms with van der Waals surface area (Å²) >= 11 is 1.54. The summed E-state index contributed by atoms with van der Waals surface area (Å²) in [6.45, 7) is -0.386. The summed E-state index contributed by atoms with van der Waals surface area (Å²) in [6, 6.07) is 12.9. The largest absolute Gasteiger partial charge is 0.493 e. The highest BCUT2D eigenvalue weighted by Gasteiger charge is 2.34. The van der Waals surface area contributed by atoms with Gasteiger partial charge in [0.2, 0.25) is 0 Å². The van der Waals surface area contributed by atoms with Gasteiger partial charge in [0.25, 0.3) is 11.6 Å². The summed E-state index contributed by atoms with van der Waals surface area (Å²) in [6.07, 6.45) is 0.502.